The number of hydrogen-bond acceptors (Lipinski definition) is 5. The summed E-state index contributed by atoms with van der Waals surface area (Å²) in [5.41, 5.74) is 10.4. The summed E-state index contributed by atoms with van der Waals surface area (Å²) >= 11 is 0. The molecular weight excluding hydrogens is 957 g/mol. The number of benzene rings is 6. The summed E-state index contributed by atoms with van der Waals surface area (Å²) in [7, 11) is 0. The van der Waals surface area contributed by atoms with Crippen LogP contribution in [0.15, 0.2) is 84.9 Å². The summed E-state index contributed by atoms with van der Waals surface area (Å²) in [5.74, 6) is 0.646. The Morgan fingerprint density at radius 1 is 0.308 bits per heavy atom. The van der Waals surface area contributed by atoms with Gasteiger partial charge >= 0.3 is 0 Å². The lowest BCUT2D eigenvalue weighted by Gasteiger charge is -2.39. The first kappa shape index (κ1) is 60.0. The second-order valence-electron chi connectivity index (χ2n) is 31.9. The molecule has 0 spiro atoms. The van der Waals surface area contributed by atoms with E-state index in [1.54, 1.807) is 0 Å². The second kappa shape index (κ2) is 19.3. The van der Waals surface area contributed by atoms with E-state index in [1.807, 2.05) is 0 Å². The number of phenols is 4. The average molecular weight is 1060 g/mol. The third-order valence-corrected chi connectivity index (χ3v) is 16.8. The zero-order valence-corrected chi connectivity index (χ0v) is 52.9. The van der Waals surface area contributed by atoms with Crippen molar-refractivity contribution in [3.8, 4) is 34.5 Å². The molecule has 0 aliphatic carbocycles. The molecule has 7 rings (SSSR count). The molecule has 0 aromatic heterocycles. The lowest BCUT2D eigenvalue weighted by atomic mass is 9.69. The minimum absolute atomic E-state index is 0.194. The molecule has 6 aromatic carbocycles. The molecule has 0 saturated heterocycles. The molecule has 1 aliphatic heterocycles. The van der Waals surface area contributed by atoms with Gasteiger partial charge < -0.3 is 25.2 Å². The van der Waals surface area contributed by atoms with E-state index in [9.17, 15) is 20.4 Å². The number of aromatic hydroxyl groups is 4. The largest absolute Gasteiger partial charge is 0.507 e. The quantitative estimate of drug-likeness (QED) is 0.125. The second-order valence-corrected chi connectivity index (χ2v) is 31.9. The molecule has 4 N–H and O–H groups in total. The van der Waals surface area contributed by atoms with Crippen LogP contribution in [0, 0.1) is 0 Å². The van der Waals surface area contributed by atoms with Gasteiger partial charge in [-0.05, 0) is 87.8 Å². The summed E-state index contributed by atoms with van der Waals surface area (Å²) in [6, 6.07) is 30.0. The fourth-order valence-electron chi connectivity index (χ4n) is 11.6. The Hall–Kier alpha value is -5.68. The lowest BCUT2D eigenvalue weighted by molar-refractivity contribution is 0.401. The Kier molecular flexibility index (Phi) is 14.8. The zero-order chi connectivity index (χ0) is 59.0. The number of phenolic OH excluding ortho intramolecular Hbond substituents is 4. The van der Waals surface area contributed by atoms with Crippen LogP contribution < -0.4 is 4.74 Å². The van der Waals surface area contributed by atoms with Crippen molar-refractivity contribution in [2.45, 2.75) is 241 Å². The van der Waals surface area contributed by atoms with E-state index in [4.69, 9.17) is 4.74 Å². The zero-order valence-electron chi connectivity index (χ0n) is 52.9. The monoisotopic (exact) mass is 1050 g/mol. The predicted octanol–water partition coefficient (Wildman–Crippen LogP) is 19.7. The maximum Gasteiger partial charge on any atom is 0.135 e. The van der Waals surface area contributed by atoms with Crippen LogP contribution in [-0.2, 0) is 48.7 Å². The normalized spacial score (nSPS) is 14.7. The number of hydrogen-bond donors (Lipinski definition) is 4. The molecule has 0 radical (unpaired) electrons. The van der Waals surface area contributed by atoms with Gasteiger partial charge in [-0.2, -0.15) is 0 Å². The molecule has 0 atom stereocenters. The van der Waals surface area contributed by atoms with Crippen LogP contribution in [0.5, 0.6) is 34.5 Å². The first-order valence-corrected chi connectivity index (χ1v) is 28.6. The van der Waals surface area contributed by atoms with Crippen LogP contribution in [-0.4, -0.2) is 20.4 Å². The van der Waals surface area contributed by atoms with Gasteiger partial charge in [-0.3, -0.25) is 0 Å². The molecule has 0 amide bonds. The van der Waals surface area contributed by atoms with Gasteiger partial charge in [-0.25, -0.2) is 0 Å². The van der Waals surface area contributed by atoms with E-state index in [2.05, 4.69) is 265 Å². The average Bonchev–Trinajstić information content (AvgIpc) is 3.33. The molecule has 0 saturated carbocycles. The van der Waals surface area contributed by atoms with E-state index in [0.717, 1.165) is 66.8 Å². The highest BCUT2D eigenvalue weighted by atomic mass is 16.5. The fraction of sp³-hybridized carbons (Fsp3) is 0.507. The minimum atomic E-state index is -0.712. The maximum absolute atomic E-state index is 13.1. The number of rotatable bonds is 6. The van der Waals surface area contributed by atoms with Gasteiger partial charge in [-0.1, -0.05) is 265 Å². The van der Waals surface area contributed by atoms with Crippen molar-refractivity contribution in [1.82, 2.24) is 0 Å². The third kappa shape index (κ3) is 11.1. The van der Waals surface area contributed by atoms with Crippen molar-refractivity contribution in [2.24, 2.45) is 0 Å². The molecule has 78 heavy (non-hydrogen) atoms. The number of fused-ring (bicyclic) bond motifs is 2. The third-order valence-electron chi connectivity index (χ3n) is 16.8. The standard InChI is InChI=1S/C73H98O5/c1-65(2,3)41-33-47(59(74)53(37-41)69(13,14)15)57(48-34-42(66(4,5)6)38-54(60(48)75)70(16,17)18)45-29-27-31-51-63(45)78-64-46(30-28-32-52(64)73(51,25)26)58(49-35-43(67(7,8)9)39-55(61(49)76)71(19,20)21)50-36-44(68(10,11)12)40-56(62(50)77)72(22,23)24/h27-40,57-58,74-77H,1-26H3. The molecule has 0 bridgehead atoms. The van der Waals surface area contributed by atoms with Gasteiger partial charge in [-0.15, -0.1) is 0 Å². The van der Waals surface area contributed by atoms with E-state index in [0.29, 0.717) is 33.8 Å². The van der Waals surface area contributed by atoms with E-state index >= 15 is 0 Å². The van der Waals surface area contributed by atoms with Crippen molar-refractivity contribution in [1.29, 1.82) is 0 Å². The maximum atomic E-state index is 13.1. The van der Waals surface area contributed by atoms with E-state index in [1.165, 1.54) is 0 Å². The van der Waals surface area contributed by atoms with Crippen LogP contribution in [0.2, 0.25) is 0 Å². The highest BCUT2D eigenvalue weighted by Gasteiger charge is 2.43. The van der Waals surface area contributed by atoms with Crippen LogP contribution in [0.1, 0.15) is 281 Å². The van der Waals surface area contributed by atoms with Crippen LogP contribution in [0.4, 0.5) is 0 Å². The van der Waals surface area contributed by atoms with Gasteiger partial charge in [0.2, 0.25) is 0 Å². The molecule has 0 unspecified atom stereocenters. The molecule has 420 valence electrons. The van der Waals surface area contributed by atoms with Crippen molar-refractivity contribution >= 4 is 0 Å². The predicted molar refractivity (Wildman–Crippen MR) is 329 cm³/mol. The molecule has 1 aliphatic rings. The first-order chi connectivity index (χ1) is 35.2. The fourth-order valence-corrected chi connectivity index (χ4v) is 11.6. The van der Waals surface area contributed by atoms with Gasteiger partial charge in [0.1, 0.15) is 34.5 Å². The molecule has 0 fully saturated rings. The van der Waals surface area contributed by atoms with Gasteiger partial charge in [0.15, 0.2) is 0 Å². The van der Waals surface area contributed by atoms with E-state index < -0.39 is 38.9 Å². The Morgan fingerprint density at radius 2 is 0.526 bits per heavy atom. The molecule has 5 heteroatoms. The topological polar surface area (TPSA) is 90.2 Å². The smallest absolute Gasteiger partial charge is 0.135 e. The van der Waals surface area contributed by atoms with Crippen molar-refractivity contribution in [3.63, 3.8) is 0 Å². The van der Waals surface area contributed by atoms with Crippen LogP contribution in [0.25, 0.3) is 0 Å². The molecule has 6 aromatic rings. The first-order valence-electron chi connectivity index (χ1n) is 28.6. The molecule has 1 heterocycles. The Morgan fingerprint density at radius 3 is 0.718 bits per heavy atom. The number of para-hydroxylation sites is 2. The Balaban J connectivity index is 1.70. The summed E-state index contributed by atoms with van der Waals surface area (Å²) < 4.78 is 7.84. The summed E-state index contributed by atoms with van der Waals surface area (Å²) in [6.45, 7) is 56.8. The summed E-state index contributed by atoms with van der Waals surface area (Å²) in [6.07, 6.45) is 0. The summed E-state index contributed by atoms with van der Waals surface area (Å²) in [4.78, 5) is 0. The van der Waals surface area contributed by atoms with E-state index in [-0.39, 0.29) is 44.7 Å². The Labute approximate surface area is 472 Å². The van der Waals surface area contributed by atoms with Gasteiger partial charge in [0, 0.05) is 61.8 Å². The summed E-state index contributed by atoms with van der Waals surface area (Å²) in [5, 5.41) is 52.4. The van der Waals surface area contributed by atoms with Crippen molar-refractivity contribution < 1.29 is 25.2 Å². The van der Waals surface area contributed by atoms with Crippen molar-refractivity contribution in [3.05, 3.63) is 174 Å². The highest BCUT2D eigenvalue weighted by molar-refractivity contribution is 5.70. The Bertz CT molecular complexity index is 2900. The number of ether oxygens (including phenoxy) is 1. The minimum Gasteiger partial charge on any atom is -0.507 e. The lowest BCUT2D eigenvalue weighted by Crippen LogP contribution is -2.27. The van der Waals surface area contributed by atoms with Crippen LogP contribution in [0.3, 0.4) is 0 Å². The SMILES string of the molecule is CC(C)(C)c1cc(C(c2cc(C(C)(C)C)cc(C(C)(C)C)c2O)c2cccc3c2Oc2c(C(c4cc(C(C)(C)C)cc(C(C)(C)C)c4O)c4cc(C(C)(C)C)cc(C(C)(C)C)c4O)cccc2C3(C)C)c(O)c(C(C)(C)C)c1. The highest BCUT2D eigenvalue weighted by Crippen LogP contribution is 2.59. The van der Waals surface area contributed by atoms with Crippen LogP contribution >= 0.6 is 0 Å². The van der Waals surface area contributed by atoms with Crippen molar-refractivity contribution in [2.75, 3.05) is 0 Å². The van der Waals surface area contributed by atoms with Gasteiger partial charge in [0.05, 0.1) is 0 Å². The molecule has 5 nitrogen and oxygen atoms in total. The molecular formula is C73H98O5. The van der Waals surface area contributed by atoms with Gasteiger partial charge in [0.25, 0.3) is 0 Å².